The van der Waals surface area contributed by atoms with Crippen molar-refractivity contribution in [2.24, 2.45) is 0 Å². The van der Waals surface area contributed by atoms with Gasteiger partial charge in [0.2, 0.25) is 28.9 Å². The van der Waals surface area contributed by atoms with Gasteiger partial charge in [0, 0.05) is 116 Å². The monoisotopic (exact) mass is 1550 g/mol. The van der Waals surface area contributed by atoms with Gasteiger partial charge in [-0.1, -0.05) is 137 Å². The maximum atomic E-state index is 13.1. The number of amides is 4. The highest BCUT2D eigenvalue weighted by Gasteiger charge is 2.27. The maximum absolute atomic E-state index is 13.1. The summed E-state index contributed by atoms with van der Waals surface area (Å²) in [6.45, 7) is 6.56. The average molecular weight is 1560 g/mol. The van der Waals surface area contributed by atoms with E-state index in [0.29, 0.717) is 110 Å². The normalized spacial score (nSPS) is 10.3. The number of benzene rings is 6. The third-order valence-electron chi connectivity index (χ3n) is 15.2. The van der Waals surface area contributed by atoms with E-state index in [2.05, 4.69) is 48.4 Å². The standard InChI is InChI=1S/C25H24Cl2N4O4.C22H20Cl2N4O5.C22H22Cl2N4O3.C3H3ClO/c1-5-22(32)30-18-9-7-6-8-15(18)10-16-11-21(29-14-28-16)31(2)23(33)12-17-24(26)19(34-3)13-20(35-4)25(17)27;1-27(20(29)10-15-21(23)17(32-2)11-18(33-3)22(15)24)19-9-14(25-12-26-19)8-13-6-4-5-7-16(13)28(30)31;1-28(19-9-14(26-12-27-19)8-13-6-4-5-7-16(13)25)20(29)10-15-21(23)17(30-2)11-18(31-3)22(15)24;1-2-3(4)5/h5-9,11,13-14H,1,10,12H2,2-4H3,(H,30,32);4-7,9,11-12H,8,10H2,1-3H3;4-7,9,11-12H,8,10,25H2,1-3H3;2H,1H2. The number of aromatic nitrogens is 6. The number of carbonyl (C=O) groups excluding carboxylic acids is 5. The van der Waals surface area contributed by atoms with Gasteiger partial charge in [0.1, 0.15) is 70.9 Å². The van der Waals surface area contributed by atoms with Crippen LogP contribution in [0.25, 0.3) is 0 Å². The number of nitro groups is 1. The number of halogens is 7. The van der Waals surface area contributed by atoms with Crippen LogP contribution in [0.1, 0.15) is 50.5 Å². The highest BCUT2D eigenvalue weighted by molar-refractivity contribution is 6.66. The number of rotatable bonds is 25. The average Bonchev–Trinajstić information content (AvgIpc) is 0.811. The Hall–Kier alpha value is -10.4. The fourth-order valence-corrected chi connectivity index (χ4v) is 11.5. The third-order valence-corrected chi connectivity index (χ3v) is 17.9. The summed E-state index contributed by atoms with van der Waals surface area (Å²) >= 11 is 43.1. The Morgan fingerprint density at radius 2 is 0.769 bits per heavy atom. The van der Waals surface area contributed by atoms with Crippen LogP contribution in [0.15, 0.2) is 153 Å². The Morgan fingerprint density at radius 1 is 0.471 bits per heavy atom. The molecule has 0 aliphatic rings. The molecule has 0 radical (unpaired) electrons. The van der Waals surface area contributed by atoms with Gasteiger partial charge < -0.3 is 39.5 Å². The molecule has 0 saturated carbocycles. The fraction of sp³-hybridized carbons (Fsp3) is 0.208. The van der Waals surface area contributed by atoms with Crippen molar-refractivity contribution in [2.45, 2.75) is 38.5 Å². The van der Waals surface area contributed by atoms with Gasteiger partial charge in [-0.25, -0.2) is 29.9 Å². The Kier molecular flexibility index (Phi) is 31.7. The van der Waals surface area contributed by atoms with Gasteiger partial charge in [0.25, 0.3) is 5.69 Å². The lowest BCUT2D eigenvalue weighted by Gasteiger charge is -2.19. The summed E-state index contributed by atoms with van der Waals surface area (Å²) in [5, 5.41) is 15.0. The largest absolute Gasteiger partial charge is 0.495 e. The molecular weight excluding hydrogens is 1490 g/mol. The zero-order chi connectivity index (χ0) is 76.5. The first-order valence-corrected chi connectivity index (χ1v) is 33.2. The van der Waals surface area contributed by atoms with Gasteiger partial charge in [-0.05, 0) is 47.0 Å². The van der Waals surface area contributed by atoms with Gasteiger partial charge in [-0.15, -0.1) is 0 Å². The van der Waals surface area contributed by atoms with E-state index in [9.17, 15) is 34.1 Å². The Bertz CT molecular complexity index is 4550. The van der Waals surface area contributed by atoms with Crippen molar-refractivity contribution < 1.29 is 57.3 Å². The first kappa shape index (κ1) is 82.6. The van der Waals surface area contributed by atoms with Crippen LogP contribution in [0.2, 0.25) is 30.1 Å². The smallest absolute Gasteiger partial charge is 0.272 e. The Labute approximate surface area is 634 Å². The second kappa shape index (κ2) is 39.9. The van der Waals surface area contributed by atoms with E-state index in [1.165, 1.54) is 88.5 Å². The van der Waals surface area contributed by atoms with Gasteiger partial charge in [-0.2, -0.15) is 0 Å². The minimum absolute atomic E-state index is 0.00153. The number of nitro benzene ring substituents is 1. The van der Waals surface area contributed by atoms with E-state index in [4.69, 9.17) is 115 Å². The zero-order valence-corrected chi connectivity index (χ0v) is 62.7. The Morgan fingerprint density at radius 3 is 1.09 bits per heavy atom. The van der Waals surface area contributed by atoms with Crippen molar-refractivity contribution >= 4 is 145 Å². The predicted octanol–water partition coefficient (Wildman–Crippen LogP) is 14.3. The zero-order valence-electron chi connectivity index (χ0n) is 57.4. The van der Waals surface area contributed by atoms with E-state index in [1.54, 1.807) is 81.8 Å². The molecule has 4 amide bonds. The van der Waals surface area contributed by atoms with Gasteiger partial charge in [0.15, 0.2) is 0 Å². The summed E-state index contributed by atoms with van der Waals surface area (Å²) in [5.74, 6) is 2.07. The molecule has 3 N–H and O–H groups in total. The molecule has 6 aromatic carbocycles. The number of carbonyl (C=O) groups is 5. The van der Waals surface area contributed by atoms with Crippen molar-refractivity contribution in [3.63, 3.8) is 0 Å². The number of allylic oxidation sites excluding steroid dienone is 1. The van der Waals surface area contributed by atoms with Crippen LogP contribution in [0.5, 0.6) is 34.5 Å². The molecule has 0 aliphatic carbocycles. The second-order valence-corrected chi connectivity index (χ2v) is 24.3. The highest BCUT2D eigenvalue weighted by Crippen LogP contribution is 2.44. The van der Waals surface area contributed by atoms with Crippen LogP contribution in [-0.2, 0) is 62.5 Å². The molecule has 0 spiro atoms. The third kappa shape index (κ3) is 22.1. The number of methoxy groups -OCH3 is 6. The molecule has 0 bridgehead atoms. The van der Waals surface area contributed by atoms with Gasteiger partial charge in [-0.3, -0.25) is 48.8 Å². The highest BCUT2D eigenvalue weighted by atomic mass is 35.5. The minimum atomic E-state index is -0.509. The molecule has 0 atom stereocenters. The van der Waals surface area contributed by atoms with Crippen molar-refractivity contribution in [3.05, 3.63) is 244 Å². The lowest BCUT2D eigenvalue weighted by Crippen LogP contribution is -2.29. The lowest BCUT2D eigenvalue weighted by atomic mass is 10.1. The minimum Gasteiger partial charge on any atom is -0.495 e. The van der Waals surface area contributed by atoms with Crippen LogP contribution in [0.3, 0.4) is 0 Å². The summed E-state index contributed by atoms with van der Waals surface area (Å²) in [5.41, 5.74) is 12.7. The van der Waals surface area contributed by atoms with Crippen LogP contribution >= 0.6 is 81.2 Å². The van der Waals surface area contributed by atoms with Crippen molar-refractivity contribution in [3.8, 4) is 34.5 Å². The topological polar surface area (TPSA) is 309 Å². The summed E-state index contributed by atoms with van der Waals surface area (Å²) in [6, 6.07) is 31.1. The van der Waals surface area contributed by atoms with Crippen molar-refractivity contribution in [1.29, 1.82) is 0 Å². The number of nitrogens with two attached hydrogens (primary N) is 1. The number of para-hydroxylation sites is 3. The molecule has 0 saturated heterocycles. The lowest BCUT2D eigenvalue weighted by molar-refractivity contribution is -0.385. The number of nitrogen functional groups attached to an aromatic ring is 1. The van der Waals surface area contributed by atoms with Crippen LogP contribution in [0, 0.1) is 10.1 Å². The molecule has 544 valence electrons. The molecule has 25 nitrogen and oxygen atoms in total. The number of likely N-dealkylation sites (N-methyl/N-ethyl adjacent to an activating group) is 3. The number of nitrogens with one attached hydrogen (secondary N) is 1. The summed E-state index contributed by atoms with van der Waals surface area (Å²) in [4.78, 5) is 101. The van der Waals surface area contributed by atoms with E-state index < -0.39 is 10.2 Å². The van der Waals surface area contributed by atoms with E-state index in [-0.39, 0.29) is 85.1 Å². The first-order chi connectivity index (χ1) is 49.7. The van der Waals surface area contributed by atoms with Crippen molar-refractivity contribution in [1.82, 2.24) is 29.9 Å². The number of hydrogen-bond acceptors (Lipinski definition) is 20. The van der Waals surface area contributed by atoms with E-state index >= 15 is 0 Å². The number of ether oxygens (including phenoxy) is 6. The second-order valence-electron chi connectivity index (χ2n) is 21.6. The van der Waals surface area contributed by atoms with Crippen LogP contribution < -0.4 is 54.2 Å². The summed E-state index contributed by atoms with van der Waals surface area (Å²) < 4.78 is 31.6. The van der Waals surface area contributed by atoms with Gasteiger partial charge >= 0.3 is 0 Å². The van der Waals surface area contributed by atoms with E-state index in [1.807, 2.05) is 42.5 Å². The quantitative estimate of drug-likeness (QED) is 0.0176. The van der Waals surface area contributed by atoms with Gasteiger partial charge in [0.05, 0.1) is 114 Å². The molecule has 32 heteroatoms. The Balaban J connectivity index is 0.000000237. The number of hydrogen-bond donors (Lipinski definition) is 2. The predicted molar refractivity (Wildman–Crippen MR) is 405 cm³/mol. The molecule has 9 aromatic rings. The summed E-state index contributed by atoms with van der Waals surface area (Å²) in [7, 11) is 13.6. The molecule has 3 heterocycles. The molecule has 0 unspecified atom stereocenters. The fourth-order valence-electron chi connectivity index (χ4n) is 9.56. The SMILES string of the molecule is C=CC(=O)Cl.C=CC(=O)Nc1ccccc1Cc1cc(N(C)C(=O)Cc2c(Cl)c(OC)cc(OC)c2Cl)ncn1.COc1cc(OC)c(Cl)c(CC(=O)N(C)c2cc(Cc3ccccc3N)ncn2)c1Cl.COc1cc(OC)c(Cl)c(CC(=O)N(C)c2cc(Cc3ccccc3[N+](=O)[O-])ncn2)c1Cl. The number of anilines is 5. The van der Waals surface area contributed by atoms with E-state index in [0.717, 1.165) is 22.9 Å². The number of nitrogens with zero attached hydrogens (tertiary/aromatic N) is 10. The van der Waals surface area contributed by atoms with Crippen molar-refractivity contribution in [2.75, 3.05) is 89.6 Å². The maximum Gasteiger partial charge on any atom is 0.272 e. The molecule has 0 aliphatic heterocycles. The molecule has 3 aromatic heterocycles. The van der Waals surface area contributed by atoms with Crippen LogP contribution in [-0.4, -0.2) is 128 Å². The molecule has 104 heavy (non-hydrogen) atoms. The van der Waals surface area contributed by atoms with Crippen LogP contribution in [0.4, 0.5) is 34.5 Å². The molecule has 9 rings (SSSR count). The first-order valence-electron chi connectivity index (χ1n) is 30.6. The molecular formula is C72H69Cl7N12O13. The molecule has 0 fully saturated rings. The summed E-state index contributed by atoms with van der Waals surface area (Å²) in [6.07, 6.45) is 7.20.